The molecule has 0 radical (unpaired) electrons. The molecule has 0 saturated heterocycles. The molecule has 34 heavy (non-hydrogen) atoms. The number of carbonyl (C=O) groups is 4. The predicted molar refractivity (Wildman–Crippen MR) is 130 cm³/mol. The van der Waals surface area contributed by atoms with Gasteiger partial charge in [0.15, 0.2) is 0 Å². The summed E-state index contributed by atoms with van der Waals surface area (Å²) >= 11 is 0. The lowest BCUT2D eigenvalue weighted by Crippen LogP contribution is -1.99. The number of esters is 2. The first-order valence-electron chi connectivity index (χ1n) is 10.4. The molecule has 0 amide bonds. The molecular weight excluding hydrogens is 440 g/mol. The second kappa shape index (κ2) is 22.0. The lowest BCUT2D eigenvalue weighted by atomic mass is 10.2. The summed E-state index contributed by atoms with van der Waals surface area (Å²) in [5.74, 6) is -2.44. The number of carbonyl (C=O) groups excluding carboxylic acids is 2. The van der Waals surface area contributed by atoms with Gasteiger partial charge < -0.3 is 19.7 Å². The van der Waals surface area contributed by atoms with Gasteiger partial charge in [0.05, 0.1) is 24.3 Å². The molecule has 0 atom stereocenters. The molecule has 184 valence electrons. The molecule has 0 spiro atoms. The normalized spacial score (nSPS) is 8.53. The van der Waals surface area contributed by atoms with Crippen LogP contribution in [0.5, 0.6) is 0 Å². The largest absolute Gasteiger partial charge is 0.478 e. The van der Waals surface area contributed by atoms with Gasteiger partial charge in [0, 0.05) is 12.2 Å². The van der Waals surface area contributed by atoms with Crippen molar-refractivity contribution in [3.05, 3.63) is 97.1 Å². The Morgan fingerprint density at radius 2 is 0.971 bits per heavy atom. The van der Waals surface area contributed by atoms with Gasteiger partial charge in [0.25, 0.3) is 0 Å². The number of benzene rings is 2. The molecule has 0 heterocycles. The van der Waals surface area contributed by atoms with Gasteiger partial charge >= 0.3 is 23.9 Å². The van der Waals surface area contributed by atoms with Crippen molar-refractivity contribution >= 4 is 23.9 Å². The van der Waals surface area contributed by atoms with E-state index in [1.165, 1.54) is 0 Å². The fourth-order valence-corrected chi connectivity index (χ4v) is 1.68. The molecule has 2 N–H and O–H groups in total. The van der Waals surface area contributed by atoms with Gasteiger partial charge in [-0.25, -0.2) is 19.2 Å². The summed E-state index contributed by atoms with van der Waals surface area (Å²) < 4.78 is 9.17. The van der Waals surface area contributed by atoms with Gasteiger partial charge in [-0.1, -0.05) is 63.4 Å². The number of carboxylic acids is 2. The monoisotopic (exact) mass is 472 g/mol. The highest BCUT2D eigenvalue weighted by atomic mass is 16.5. The van der Waals surface area contributed by atoms with Gasteiger partial charge in [-0.2, -0.15) is 0 Å². The maximum absolute atomic E-state index is 10.2. The molecule has 0 saturated carbocycles. The van der Waals surface area contributed by atoms with Crippen molar-refractivity contribution in [3.63, 3.8) is 0 Å². The van der Waals surface area contributed by atoms with Crippen LogP contribution in [0.15, 0.2) is 86.0 Å². The summed E-state index contributed by atoms with van der Waals surface area (Å²) in [4.78, 5) is 40.9. The third-order valence-corrected chi connectivity index (χ3v) is 3.27. The molecule has 0 aliphatic carbocycles. The van der Waals surface area contributed by atoms with Crippen LogP contribution in [0, 0.1) is 0 Å². The molecular formula is C26H32O8. The summed E-state index contributed by atoms with van der Waals surface area (Å²) in [6, 6.07) is 16.6. The molecule has 0 unspecified atom stereocenters. The van der Waals surface area contributed by atoms with Crippen molar-refractivity contribution in [2.75, 3.05) is 13.2 Å². The predicted octanol–water partition coefficient (Wildman–Crippen LogP) is 5.02. The Kier molecular flexibility index (Phi) is 20.7. The minimum absolute atomic E-state index is 0.331. The van der Waals surface area contributed by atoms with Crippen molar-refractivity contribution in [1.29, 1.82) is 0 Å². The van der Waals surface area contributed by atoms with E-state index in [2.05, 4.69) is 22.6 Å². The quantitative estimate of drug-likeness (QED) is 0.405. The summed E-state index contributed by atoms with van der Waals surface area (Å²) in [5.41, 5.74) is 0.662. The van der Waals surface area contributed by atoms with Gasteiger partial charge in [0.2, 0.25) is 0 Å². The van der Waals surface area contributed by atoms with Crippen molar-refractivity contribution in [2.24, 2.45) is 0 Å². The first-order valence-corrected chi connectivity index (χ1v) is 10.4. The molecule has 2 aromatic rings. The summed E-state index contributed by atoms with van der Waals surface area (Å²) in [7, 11) is 0. The Hall–Kier alpha value is -4.20. The molecule has 2 rings (SSSR count). The number of aromatic carboxylic acids is 2. The second-order valence-electron chi connectivity index (χ2n) is 6.09. The Balaban J connectivity index is 0. The highest BCUT2D eigenvalue weighted by Crippen LogP contribution is 1.96. The molecule has 0 bridgehead atoms. The third kappa shape index (κ3) is 19.7. The maximum atomic E-state index is 10.2. The number of hydrogen-bond acceptors (Lipinski definition) is 6. The zero-order valence-electron chi connectivity index (χ0n) is 19.5. The van der Waals surface area contributed by atoms with E-state index in [9.17, 15) is 19.2 Å². The average Bonchev–Trinajstić information content (AvgIpc) is 2.87. The van der Waals surface area contributed by atoms with Crippen molar-refractivity contribution < 1.29 is 38.9 Å². The summed E-state index contributed by atoms with van der Waals surface area (Å²) in [6.45, 7) is 11.3. The third-order valence-electron chi connectivity index (χ3n) is 3.27. The van der Waals surface area contributed by atoms with Crippen molar-refractivity contribution in [1.82, 2.24) is 0 Å². The fraction of sp³-hybridized carbons (Fsp3) is 0.231. The Bertz CT molecular complexity index is 787. The SMILES string of the molecule is C=CC(=O)OCCC.C=CC(=O)OCCC.O=C(O)c1ccccc1.O=C(O)c1ccccc1. The molecule has 0 fully saturated rings. The van der Waals surface area contributed by atoms with E-state index in [1.807, 2.05) is 13.8 Å². The minimum atomic E-state index is -0.879. The van der Waals surface area contributed by atoms with E-state index < -0.39 is 11.9 Å². The van der Waals surface area contributed by atoms with Crippen LogP contribution >= 0.6 is 0 Å². The topological polar surface area (TPSA) is 127 Å². The van der Waals surface area contributed by atoms with Crippen LogP contribution in [-0.2, 0) is 19.1 Å². The zero-order valence-corrected chi connectivity index (χ0v) is 19.5. The number of carboxylic acid groups (broad SMARTS) is 2. The number of ether oxygens (including phenoxy) is 2. The van der Waals surface area contributed by atoms with Crippen molar-refractivity contribution in [2.45, 2.75) is 26.7 Å². The standard InChI is InChI=1S/2C7H6O2.2C6H10O2/c2*8-7(9)6-4-2-1-3-5-6;2*1-3-5-8-6(7)4-2/h2*1-5H,(H,8,9);2*4H,2-3,5H2,1H3. The van der Waals surface area contributed by atoms with Gasteiger partial charge in [-0.05, 0) is 37.1 Å². The zero-order chi connectivity index (χ0) is 26.2. The Morgan fingerprint density at radius 3 is 1.15 bits per heavy atom. The van der Waals surface area contributed by atoms with Crippen LogP contribution in [0.2, 0.25) is 0 Å². The first-order chi connectivity index (χ1) is 16.2. The van der Waals surface area contributed by atoms with Gasteiger partial charge in [-0.3, -0.25) is 0 Å². The second-order valence-corrected chi connectivity index (χ2v) is 6.09. The van der Waals surface area contributed by atoms with Crippen LogP contribution in [0.4, 0.5) is 0 Å². The Labute approximate surface area is 200 Å². The lowest BCUT2D eigenvalue weighted by molar-refractivity contribution is -0.138. The summed E-state index contributed by atoms with van der Waals surface area (Å²) in [6.07, 6.45) is 4.05. The van der Waals surface area contributed by atoms with Crippen molar-refractivity contribution in [3.8, 4) is 0 Å². The minimum Gasteiger partial charge on any atom is -0.478 e. The van der Waals surface area contributed by atoms with Gasteiger partial charge in [-0.15, -0.1) is 0 Å². The van der Waals surface area contributed by atoms with Gasteiger partial charge in [0.1, 0.15) is 0 Å². The van der Waals surface area contributed by atoms with E-state index in [0.717, 1.165) is 25.0 Å². The highest BCUT2D eigenvalue weighted by molar-refractivity contribution is 5.87. The summed E-state index contributed by atoms with van der Waals surface area (Å²) in [5, 5.41) is 16.8. The lowest BCUT2D eigenvalue weighted by Gasteiger charge is -1.94. The fourth-order valence-electron chi connectivity index (χ4n) is 1.68. The van der Waals surface area contributed by atoms with Crippen LogP contribution < -0.4 is 0 Å². The van der Waals surface area contributed by atoms with E-state index >= 15 is 0 Å². The smallest absolute Gasteiger partial charge is 0.335 e. The van der Waals surface area contributed by atoms with E-state index in [1.54, 1.807) is 60.7 Å². The maximum Gasteiger partial charge on any atom is 0.335 e. The number of hydrogen-bond donors (Lipinski definition) is 2. The number of rotatable bonds is 8. The molecule has 0 aliphatic rings. The van der Waals surface area contributed by atoms with Crippen LogP contribution in [0.25, 0.3) is 0 Å². The van der Waals surface area contributed by atoms with E-state index in [4.69, 9.17) is 10.2 Å². The van der Waals surface area contributed by atoms with E-state index in [0.29, 0.717) is 24.3 Å². The first kappa shape index (κ1) is 32.0. The van der Waals surface area contributed by atoms with Crippen LogP contribution in [-0.4, -0.2) is 47.3 Å². The molecule has 2 aromatic carbocycles. The average molecular weight is 473 g/mol. The molecule has 8 heteroatoms. The van der Waals surface area contributed by atoms with Crippen LogP contribution in [0.3, 0.4) is 0 Å². The molecule has 0 aliphatic heterocycles. The molecule has 0 aromatic heterocycles. The van der Waals surface area contributed by atoms with Crippen LogP contribution in [0.1, 0.15) is 47.4 Å². The molecule has 8 nitrogen and oxygen atoms in total. The Morgan fingerprint density at radius 1 is 0.676 bits per heavy atom. The van der Waals surface area contributed by atoms with E-state index in [-0.39, 0.29) is 11.9 Å². The highest BCUT2D eigenvalue weighted by Gasteiger charge is 1.97.